The highest BCUT2D eigenvalue weighted by molar-refractivity contribution is 9.10. The lowest BCUT2D eigenvalue weighted by Crippen LogP contribution is -2.24. The maximum Gasteiger partial charge on any atom is 0.124 e. The molecule has 1 aromatic heterocycles. The fourth-order valence-corrected chi connectivity index (χ4v) is 2.61. The summed E-state index contributed by atoms with van der Waals surface area (Å²) >= 11 is 3.33. The highest BCUT2D eigenvalue weighted by atomic mass is 79.9. The van der Waals surface area contributed by atoms with Crippen molar-refractivity contribution in [2.75, 3.05) is 6.54 Å². The van der Waals surface area contributed by atoms with Crippen LogP contribution in [0.2, 0.25) is 0 Å². The molecule has 0 amide bonds. The van der Waals surface area contributed by atoms with Gasteiger partial charge in [-0.05, 0) is 54.8 Å². The monoisotopic (exact) mass is 337 g/mol. The van der Waals surface area contributed by atoms with Crippen molar-refractivity contribution in [2.45, 2.75) is 25.8 Å². The van der Waals surface area contributed by atoms with Crippen LogP contribution in [0.4, 0.5) is 4.39 Å². The smallest absolute Gasteiger partial charge is 0.124 e. The number of halogens is 2. The quantitative estimate of drug-likeness (QED) is 0.873. The van der Waals surface area contributed by atoms with Gasteiger partial charge < -0.3 is 5.32 Å². The fourth-order valence-electron chi connectivity index (χ4n) is 2.10. The minimum absolute atomic E-state index is 0.110. The van der Waals surface area contributed by atoms with Crippen LogP contribution < -0.4 is 5.32 Å². The Hall–Kier alpha value is -1.33. The van der Waals surface area contributed by atoms with Crippen molar-refractivity contribution in [1.82, 2.24) is 15.5 Å². The Morgan fingerprint density at radius 2 is 2.15 bits per heavy atom. The number of hydrogen-bond acceptors (Lipinski definition) is 3. The van der Waals surface area contributed by atoms with Gasteiger partial charge in [-0.15, -0.1) is 0 Å². The van der Waals surface area contributed by atoms with Crippen molar-refractivity contribution in [3.63, 3.8) is 0 Å². The average molecular weight is 338 g/mol. The topological polar surface area (TPSA) is 37.8 Å². The maximum absolute atomic E-state index is 13.5. The third-order valence-electron chi connectivity index (χ3n) is 3.01. The van der Waals surface area contributed by atoms with Crippen LogP contribution in [0.5, 0.6) is 0 Å². The van der Waals surface area contributed by atoms with Crippen molar-refractivity contribution < 1.29 is 4.39 Å². The summed E-state index contributed by atoms with van der Waals surface area (Å²) in [5, 5.41) is 11.2. The van der Waals surface area contributed by atoms with E-state index in [-0.39, 0.29) is 11.9 Å². The molecular weight excluding hydrogens is 321 g/mol. The molecule has 106 valence electrons. The first kappa shape index (κ1) is 15.1. The molecule has 5 heteroatoms. The Labute approximate surface area is 126 Å². The highest BCUT2D eigenvalue weighted by Gasteiger charge is 2.12. The second kappa shape index (κ2) is 7.45. The van der Waals surface area contributed by atoms with Crippen LogP contribution in [0.3, 0.4) is 0 Å². The molecule has 1 aromatic carbocycles. The molecule has 0 aliphatic rings. The molecule has 0 spiro atoms. The summed E-state index contributed by atoms with van der Waals surface area (Å²) in [7, 11) is 0. The lowest BCUT2D eigenvalue weighted by molar-refractivity contribution is 0.524. The molecule has 0 fully saturated rings. The zero-order valence-electron chi connectivity index (χ0n) is 11.3. The first-order valence-corrected chi connectivity index (χ1v) is 7.43. The molecule has 3 nitrogen and oxygen atoms in total. The summed E-state index contributed by atoms with van der Waals surface area (Å²) in [5.41, 5.74) is 2.01. The van der Waals surface area contributed by atoms with Gasteiger partial charge >= 0.3 is 0 Å². The largest absolute Gasteiger partial charge is 0.310 e. The van der Waals surface area contributed by atoms with Crippen LogP contribution in [0.1, 0.15) is 30.5 Å². The summed E-state index contributed by atoms with van der Waals surface area (Å²) in [4.78, 5) is 0. The Kier molecular flexibility index (Phi) is 5.61. The zero-order chi connectivity index (χ0) is 14.4. The van der Waals surface area contributed by atoms with Gasteiger partial charge in [-0.2, -0.15) is 10.2 Å². The van der Waals surface area contributed by atoms with Crippen molar-refractivity contribution in [2.24, 2.45) is 0 Å². The van der Waals surface area contributed by atoms with E-state index in [0.717, 1.165) is 28.6 Å². The second-order valence-corrected chi connectivity index (χ2v) is 5.58. The molecule has 1 unspecified atom stereocenters. The van der Waals surface area contributed by atoms with Crippen LogP contribution in [0, 0.1) is 5.82 Å². The van der Waals surface area contributed by atoms with Crippen LogP contribution in [0.25, 0.3) is 0 Å². The van der Waals surface area contributed by atoms with E-state index in [4.69, 9.17) is 0 Å². The lowest BCUT2D eigenvalue weighted by atomic mass is 10.0. The van der Waals surface area contributed by atoms with Crippen molar-refractivity contribution >= 4 is 15.9 Å². The maximum atomic E-state index is 13.5. The highest BCUT2D eigenvalue weighted by Crippen LogP contribution is 2.21. The average Bonchev–Trinajstić information content (AvgIpc) is 2.43. The molecule has 20 heavy (non-hydrogen) atoms. The standard InChI is InChI=1S/C15H17BrFN3/c1-2-4-18-15(12-3-5-19-20-10-12)8-11-6-13(16)9-14(17)7-11/h3,5-7,9-10,15,18H,2,4,8H2,1H3. The molecule has 1 atom stereocenters. The Morgan fingerprint density at radius 3 is 2.80 bits per heavy atom. The molecule has 1 heterocycles. The molecule has 0 radical (unpaired) electrons. The second-order valence-electron chi connectivity index (χ2n) is 4.66. The molecule has 0 saturated carbocycles. The van der Waals surface area contributed by atoms with Gasteiger partial charge in [0.25, 0.3) is 0 Å². The molecular formula is C15H17BrFN3. The van der Waals surface area contributed by atoms with E-state index in [0.29, 0.717) is 6.42 Å². The van der Waals surface area contributed by atoms with Gasteiger partial charge in [0.15, 0.2) is 0 Å². The van der Waals surface area contributed by atoms with Crippen LogP contribution in [-0.4, -0.2) is 16.7 Å². The van der Waals surface area contributed by atoms with Crippen LogP contribution >= 0.6 is 15.9 Å². The van der Waals surface area contributed by atoms with Gasteiger partial charge in [-0.25, -0.2) is 4.39 Å². The number of hydrogen-bond donors (Lipinski definition) is 1. The molecule has 2 rings (SSSR count). The minimum Gasteiger partial charge on any atom is -0.310 e. The van der Waals surface area contributed by atoms with Gasteiger partial charge in [0.2, 0.25) is 0 Å². The molecule has 0 bridgehead atoms. The SMILES string of the molecule is CCCNC(Cc1cc(F)cc(Br)c1)c1ccnnc1. The van der Waals surface area contributed by atoms with E-state index in [1.165, 1.54) is 6.07 Å². The fraction of sp³-hybridized carbons (Fsp3) is 0.333. The van der Waals surface area contributed by atoms with Gasteiger partial charge in [0.05, 0.1) is 6.20 Å². The first-order chi connectivity index (χ1) is 9.69. The molecule has 2 aromatic rings. The molecule has 0 aliphatic carbocycles. The van der Waals surface area contributed by atoms with Gasteiger partial charge in [0.1, 0.15) is 5.82 Å². The lowest BCUT2D eigenvalue weighted by Gasteiger charge is -2.18. The Bertz CT molecular complexity index is 528. The minimum atomic E-state index is -0.225. The van der Waals surface area contributed by atoms with Crippen molar-refractivity contribution in [3.05, 3.63) is 58.1 Å². The third-order valence-corrected chi connectivity index (χ3v) is 3.47. The number of benzene rings is 1. The van der Waals surface area contributed by atoms with E-state index in [1.807, 2.05) is 12.1 Å². The van der Waals surface area contributed by atoms with Gasteiger partial charge in [0, 0.05) is 16.7 Å². The van der Waals surface area contributed by atoms with Crippen molar-refractivity contribution in [1.29, 1.82) is 0 Å². The molecule has 0 saturated heterocycles. The van der Waals surface area contributed by atoms with E-state index < -0.39 is 0 Å². The predicted molar refractivity (Wildman–Crippen MR) is 80.9 cm³/mol. The summed E-state index contributed by atoms with van der Waals surface area (Å²) in [6, 6.07) is 7.03. The van der Waals surface area contributed by atoms with Crippen LogP contribution in [0.15, 0.2) is 41.1 Å². The van der Waals surface area contributed by atoms with E-state index >= 15 is 0 Å². The Morgan fingerprint density at radius 1 is 1.30 bits per heavy atom. The third kappa shape index (κ3) is 4.35. The van der Waals surface area contributed by atoms with E-state index in [9.17, 15) is 4.39 Å². The molecule has 0 aliphatic heterocycles. The number of aromatic nitrogens is 2. The summed E-state index contributed by atoms with van der Waals surface area (Å²) in [6.07, 6.45) is 5.18. The normalized spacial score (nSPS) is 12.3. The van der Waals surface area contributed by atoms with Crippen molar-refractivity contribution in [3.8, 4) is 0 Å². The Balaban J connectivity index is 2.19. The number of nitrogens with zero attached hydrogens (tertiary/aromatic N) is 2. The summed E-state index contributed by atoms with van der Waals surface area (Å²) in [5.74, 6) is -0.225. The number of rotatable bonds is 6. The van der Waals surface area contributed by atoms with Gasteiger partial charge in [-0.1, -0.05) is 22.9 Å². The molecule has 1 N–H and O–H groups in total. The van der Waals surface area contributed by atoms with Gasteiger partial charge in [-0.3, -0.25) is 0 Å². The van der Waals surface area contributed by atoms with Crippen LogP contribution in [-0.2, 0) is 6.42 Å². The number of nitrogens with one attached hydrogen (secondary N) is 1. The van der Waals surface area contributed by atoms with E-state index in [2.05, 4.69) is 38.4 Å². The summed E-state index contributed by atoms with van der Waals surface area (Å²) in [6.45, 7) is 3.02. The first-order valence-electron chi connectivity index (χ1n) is 6.64. The predicted octanol–water partition coefficient (Wildman–Crippen LogP) is 3.66. The summed E-state index contributed by atoms with van der Waals surface area (Å²) < 4.78 is 14.2. The zero-order valence-corrected chi connectivity index (χ0v) is 12.9. The van der Waals surface area contributed by atoms with E-state index in [1.54, 1.807) is 18.5 Å².